The minimum absolute atomic E-state index is 0.162. The molecule has 0 saturated carbocycles. The summed E-state index contributed by atoms with van der Waals surface area (Å²) in [5, 5.41) is 11.0. The molecular weight excluding hydrogens is 316 g/mol. The van der Waals surface area contributed by atoms with Gasteiger partial charge in [-0.1, -0.05) is 32.0 Å². The number of carbonyl (C=O) groups is 1. The van der Waals surface area contributed by atoms with Crippen LogP contribution in [0.3, 0.4) is 0 Å². The van der Waals surface area contributed by atoms with Crippen molar-refractivity contribution in [2.45, 2.75) is 32.7 Å². The van der Waals surface area contributed by atoms with Crippen LogP contribution in [-0.2, 0) is 0 Å². The van der Waals surface area contributed by atoms with Crippen LogP contribution in [0.25, 0.3) is 5.69 Å². The van der Waals surface area contributed by atoms with E-state index in [0.717, 1.165) is 31.6 Å². The van der Waals surface area contributed by atoms with Crippen molar-refractivity contribution in [1.82, 2.24) is 20.4 Å². The second-order valence-corrected chi connectivity index (χ2v) is 6.52. The average molecular weight is 342 g/mol. The van der Waals surface area contributed by atoms with Crippen LogP contribution in [-0.4, -0.2) is 41.4 Å². The lowest BCUT2D eigenvalue weighted by molar-refractivity contribution is 0.0904. The molecule has 0 aliphatic carbocycles. The lowest BCUT2D eigenvalue weighted by atomic mass is 9.95. The van der Waals surface area contributed by atoms with Crippen LogP contribution < -0.4 is 15.4 Å². The first kappa shape index (κ1) is 17.5. The smallest absolute Gasteiger partial charge is 0.275 e. The predicted molar refractivity (Wildman–Crippen MR) is 97.3 cm³/mol. The zero-order valence-corrected chi connectivity index (χ0v) is 14.9. The number of hydrogen-bond acceptors (Lipinski definition) is 4. The zero-order chi connectivity index (χ0) is 17.6. The van der Waals surface area contributed by atoms with Gasteiger partial charge < -0.3 is 15.4 Å². The second-order valence-electron chi connectivity index (χ2n) is 6.52. The normalized spacial score (nSPS) is 20.2. The molecule has 1 saturated heterocycles. The van der Waals surface area contributed by atoms with Gasteiger partial charge in [0.05, 0.1) is 18.5 Å². The van der Waals surface area contributed by atoms with Gasteiger partial charge in [0.1, 0.15) is 0 Å². The number of nitrogens with one attached hydrogen (secondary N) is 2. The summed E-state index contributed by atoms with van der Waals surface area (Å²) >= 11 is 0. The Hall–Kier alpha value is -2.34. The highest BCUT2D eigenvalue weighted by Crippen LogP contribution is 2.21. The predicted octanol–water partition coefficient (Wildman–Crippen LogP) is 2.39. The summed E-state index contributed by atoms with van der Waals surface area (Å²) in [5.74, 6) is 0.762. The lowest BCUT2D eigenvalue weighted by Crippen LogP contribution is -2.48. The Morgan fingerprint density at radius 3 is 2.92 bits per heavy atom. The fraction of sp³-hybridized carbons (Fsp3) is 0.474. The van der Waals surface area contributed by atoms with Gasteiger partial charge in [-0.15, -0.1) is 0 Å². The van der Waals surface area contributed by atoms with Gasteiger partial charge in [-0.25, -0.2) is 4.68 Å². The van der Waals surface area contributed by atoms with E-state index in [1.807, 2.05) is 37.3 Å². The first-order chi connectivity index (χ1) is 12.2. The summed E-state index contributed by atoms with van der Waals surface area (Å²) < 4.78 is 7.47. The molecule has 2 heterocycles. The second kappa shape index (κ2) is 8.16. The summed E-state index contributed by atoms with van der Waals surface area (Å²) in [6, 6.07) is 9.91. The Labute approximate surface area is 148 Å². The number of carbonyl (C=O) groups excluding carboxylic acids is 1. The van der Waals surface area contributed by atoms with Gasteiger partial charge >= 0.3 is 0 Å². The molecule has 1 amide bonds. The SMILES string of the molecule is CCCOc1cn(-c2ccccc2)nc1C(=O)NC1CCNCC1C. The molecule has 0 bridgehead atoms. The topological polar surface area (TPSA) is 68.2 Å². The monoisotopic (exact) mass is 342 g/mol. The van der Waals surface area contributed by atoms with E-state index in [4.69, 9.17) is 4.74 Å². The van der Waals surface area contributed by atoms with Crippen LogP contribution in [0, 0.1) is 5.92 Å². The Balaban J connectivity index is 1.82. The Kier molecular flexibility index (Phi) is 5.71. The number of aromatic nitrogens is 2. The number of hydrogen-bond donors (Lipinski definition) is 2. The Bertz CT molecular complexity index is 699. The summed E-state index contributed by atoms with van der Waals surface area (Å²) in [6.07, 6.45) is 3.59. The van der Waals surface area contributed by atoms with E-state index in [2.05, 4.69) is 22.7 Å². The average Bonchev–Trinajstić information content (AvgIpc) is 3.07. The van der Waals surface area contributed by atoms with Crippen molar-refractivity contribution in [3.8, 4) is 11.4 Å². The molecular formula is C19H26N4O2. The maximum atomic E-state index is 12.8. The van der Waals surface area contributed by atoms with Crippen molar-refractivity contribution in [3.63, 3.8) is 0 Å². The molecule has 0 spiro atoms. The van der Waals surface area contributed by atoms with E-state index in [1.54, 1.807) is 10.9 Å². The van der Waals surface area contributed by atoms with Crippen LogP contribution in [0.4, 0.5) is 0 Å². The first-order valence-electron chi connectivity index (χ1n) is 8.98. The van der Waals surface area contributed by atoms with Crippen molar-refractivity contribution in [1.29, 1.82) is 0 Å². The molecule has 6 heteroatoms. The Morgan fingerprint density at radius 2 is 2.20 bits per heavy atom. The van der Waals surface area contributed by atoms with Gasteiger partial charge in [0, 0.05) is 6.04 Å². The molecule has 1 aliphatic rings. The summed E-state index contributed by atoms with van der Waals surface area (Å²) in [5.41, 5.74) is 1.25. The third kappa shape index (κ3) is 4.20. The highest BCUT2D eigenvalue weighted by molar-refractivity contribution is 5.95. The third-order valence-electron chi connectivity index (χ3n) is 4.48. The van der Waals surface area contributed by atoms with Crippen molar-refractivity contribution in [2.24, 2.45) is 5.92 Å². The quantitative estimate of drug-likeness (QED) is 0.846. The molecule has 2 atom stereocenters. The number of piperidine rings is 1. The van der Waals surface area contributed by atoms with E-state index in [1.165, 1.54) is 0 Å². The largest absolute Gasteiger partial charge is 0.489 e. The number of amides is 1. The van der Waals surface area contributed by atoms with Crippen molar-refractivity contribution < 1.29 is 9.53 Å². The molecule has 1 aromatic heterocycles. The van der Waals surface area contributed by atoms with Gasteiger partial charge in [0.25, 0.3) is 5.91 Å². The van der Waals surface area contributed by atoms with Crippen molar-refractivity contribution >= 4 is 5.91 Å². The van der Waals surface area contributed by atoms with Crippen LogP contribution in [0.15, 0.2) is 36.5 Å². The number of para-hydroxylation sites is 1. The number of rotatable bonds is 6. The molecule has 1 aliphatic heterocycles. The van der Waals surface area contributed by atoms with Crippen LogP contribution in [0.1, 0.15) is 37.2 Å². The summed E-state index contributed by atoms with van der Waals surface area (Å²) in [4.78, 5) is 12.8. The molecule has 1 fully saturated rings. The Morgan fingerprint density at radius 1 is 1.40 bits per heavy atom. The fourth-order valence-electron chi connectivity index (χ4n) is 3.01. The number of nitrogens with zero attached hydrogens (tertiary/aromatic N) is 2. The van der Waals surface area contributed by atoms with Gasteiger partial charge in [-0.05, 0) is 44.0 Å². The maximum absolute atomic E-state index is 12.8. The molecule has 25 heavy (non-hydrogen) atoms. The van der Waals surface area contributed by atoms with Gasteiger partial charge in [-0.2, -0.15) is 5.10 Å². The van der Waals surface area contributed by atoms with E-state index in [0.29, 0.717) is 24.0 Å². The molecule has 134 valence electrons. The molecule has 1 aromatic carbocycles. The van der Waals surface area contributed by atoms with Gasteiger partial charge in [0.2, 0.25) is 0 Å². The molecule has 2 N–H and O–H groups in total. The first-order valence-corrected chi connectivity index (χ1v) is 8.98. The zero-order valence-electron chi connectivity index (χ0n) is 14.9. The number of benzene rings is 1. The number of ether oxygens (including phenoxy) is 1. The lowest BCUT2D eigenvalue weighted by Gasteiger charge is -2.30. The molecule has 0 radical (unpaired) electrons. The van der Waals surface area contributed by atoms with E-state index in [9.17, 15) is 4.79 Å². The van der Waals surface area contributed by atoms with Gasteiger partial charge in [-0.3, -0.25) is 4.79 Å². The highest BCUT2D eigenvalue weighted by atomic mass is 16.5. The van der Waals surface area contributed by atoms with Crippen LogP contribution in [0.5, 0.6) is 5.75 Å². The minimum Gasteiger partial charge on any atom is -0.489 e. The van der Waals surface area contributed by atoms with E-state index in [-0.39, 0.29) is 11.9 Å². The molecule has 2 aromatic rings. The van der Waals surface area contributed by atoms with Crippen molar-refractivity contribution in [2.75, 3.05) is 19.7 Å². The fourth-order valence-corrected chi connectivity index (χ4v) is 3.01. The summed E-state index contributed by atoms with van der Waals surface area (Å²) in [6.45, 7) is 6.59. The van der Waals surface area contributed by atoms with Crippen LogP contribution >= 0.6 is 0 Å². The van der Waals surface area contributed by atoms with E-state index < -0.39 is 0 Å². The van der Waals surface area contributed by atoms with E-state index >= 15 is 0 Å². The van der Waals surface area contributed by atoms with Crippen molar-refractivity contribution in [3.05, 3.63) is 42.2 Å². The summed E-state index contributed by atoms with van der Waals surface area (Å²) in [7, 11) is 0. The van der Waals surface area contributed by atoms with Gasteiger partial charge in [0.15, 0.2) is 11.4 Å². The molecule has 2 unspecified atom stereocenters. The molecule has 6 nitrogen and oxygen atoms in total. The minimum atomic E-state index is -0.167. The maximum Gasteiger partial charge on any atom is 0.275 e. The molecule has 3 rings (SSSR count). The standard InChI is InChI=1S/C19H26N4O2/c1-3-11-25-17-13-23(15-7-5-4-6-8-15)22-18(17)19(24)21-16-9-10-20-12-14(16)2/h4-8,13-14,16,20H,3,9-12H2,1-2H3,(H,21,24). The van der Waals surface area contributed by atoms with Crippen LogP contribution in [0.2, 0.25) is 0 Å². The highest BCUT2D eigenvalue weighted by Gasteiger charge is 2.26. The third-order valence-corrected chi connectivity index (χ3v) is 4.48.